The number of nitrogens with one attached hydrogen (secondary N) is 3. The summed E-state index contributed by atoms with van der Waals surface area (Å²) in [6.07, 6.45) is 3.49. The number of rotatable bonds is 2. The Hall–Kier alpha value is -1.82. The first-order chi connectivity index (χ1) is 10.1. The Morgan fingerprint density at radius 2 is 2.10 bits per heavy atom. The highest BCUT2D eigenvalue weighted by Crippen LogP contribution is 2.23. The van der Waals surface area contributed by atoms with Gasteiger partial charge in [-0.3, -0.25) is 4.79 Å². The molecule has 3 N–H and O–H groups in total. The van der Waals surface area contributed by atoms with Crippen molar-refractivity contribution in [2.75, 3.05) is 5.32 Å². The van der Waals surface area contributed by atoms with Crippen LogP contribution in [0.15, 0.2) is 12.3 Å². The van der Waals surface area contributed by atoms with E-state index in [0.717, 1.165) is 18.2 Å². The van der Waals surface area contributed by atoms with Crippen molar-refractivity contribution < 1.29 is 4.79 Å². The van der Waals surface area contributed by atoms with Gasteiger partial charge >= 0.3 is 0 Å². The molecule has 3 heterocycles. The summed E-state index contributed by atoms with van der Waals surface area (Å²) < 4.78 is 0. The van der Waals surface area contributed by atoms with E-state index in [4.69, 9.17) is 11.6 Å². The average Bonchev–Trinajstić information content (AvgIpc) is 2.92. The molecule has 2 unspecified atom stereocenters. The molecule has 0 spiro atoms. The first kappa shape index (κ1) is 15.6. The van der Waals surface area contributed by atoms with Gasteiger partial charge in [0.15, 0.2) is 0 Å². The summed E-state index contributed by atoms with van der Waals surface area (Å²) in [5.41, 5.74) is 0.659. The van der Waals surface area contributed by atoms with E-state index in [1.807, 2.05) is 26.8 Å². The monoisotopic (exact) mass is 309 g/mol. The van der Waals surface area contributed by atoms with E-state index >= 15 is 0 Å². The highest BCUT2D eigenvalue weighted by Gasteiger charge is 2.26. The number of H-pyrrole nitrogens is 1. The van der Waals surface area contributed by atoms with Crippen molar-refractivity contribution in [2.45, 2.75) is 45.7 Å². The van der Waals surface area contributed by atoms with Crippen molar-refractivity contribution in [1.82, 2.24) is 20.3 Å². The average molecular weight is 310 g/mol. The number of aromatic amines is 1. The summed E-state index contributed by atoms with van der Waals surface area (Å²) in [6, 6.07) is 1.81. The number of fused-ring (bicyclic) bond motifs is 1. The number of amides is 1. The maximum Gasteiger partial charge on any atom is 0.242 e. The smallest absolute Gasteiger partial charge is 0.242 e. The molecule has 114 valence electrons. The van der Waals surface area contributed by atoms with Gasteiger partial charge < -0.3 is 15.6 Å². The molecule has 0 aromatic carbocycles. The fraction of sp³-hybridized carbons (Fsp3) is 0.500. The maximum atomic E-state index is 11.9. The molecule has 1 amide bonds. The molecule has 6 nitrogen and oxygen atoms in total. The van der Waals surface area contributed by atoms with Gasteiger partial charge in [0.2, 0.25) is 11.2 Å². The lowest BCUT2D eigenvalue weighted by atomic mass is 10.0. The van der Waals surface area contributed by atoms with Crippen molar-refractivity contribution in [3.8, 4) is 0 Å². The number of aromatic nitrogens is 3. The van der Waals surface area contributed by atoms with Crippen molar-refractivity contribution in [2.24, 2.45) is 0 Å². The van der Waals surface area contributed by atoms with Crippen LogP contribution in [0.3, 0.4) is 0 Å². The van der Waals surface area contributed by atoms with Crippen LogP contribution in [0.4, 0.5) is 5.82 Å². The lowest BCUT2D eigenvalue weighted by Gasteiger charge is -2.27. The minimum atomic E-state index is -0.278. The van der Waals surface area contributed by atoms with E-state index in [9.17, 15) is 4.79 Å². The van der Waals surface area contributed by atoms with E-state index in [1.54, 1.807) is 6.20 Å². The topological polar surface area (TPSA) is 82.7 Å². The number of carbonyl (C=O) groups is 1. The molecule has 21 heavy (non-hydrogen) atoms. The predicted molar refractivity (Wildman–Crippen MR) is 84.5 cm³/mol. The first-order valence-electron chi connectivity index (χ1n) is 7.21. The molecule has 1 aliphatic rings. The zero-order valence-corrected chi connectivity index (χ0v) is 13.2. The molecule has 2 atom stereocenters. The molecule has 0 aliphatic carbocycles. The molecule has 0 bridgehead atoms. The van der Waals surface area contributed by atoms with E-state index in [2.05, 4.69) is 25.6 Å². The van der Waals surface area contributed by atoms with Crippen LogP contribution in [-0.4, -0.2) is 32.9 Å². The fourth-order valence-corrected chi connectivity index (χ4v) is 2.46. The second-order valence-corrected chi connectivity index (χ2v) is 5.10. The molecule has 3 rings (SSSR count). The van der Waals surface area contributed by atoms with Crippen molar-refractivity contribution in [1.29, 1.82) is 0 Å². The number of halogens is 1. The van der Waals surface area contributed by atoms with E-state index in [1.165, 1.54) is 0 Å². The maximum absolute atomic E-state index is 11.9. The molecule has 0 radical (unpaired) electrons. The van der Waals surface area contributed by atoms with Crippen LogP contribution < -0.4 is 10.6 Å². The normalized spacial score (nSPS) is 21.4. The third-order valence-corrected chi connectivity index (χ3v) is 3.46. The first-order valence-corrected chi connectivity index (χ1v) is 7.59. The standard InChI is InChI=1S/C12H14ClN5O.C2H6/c1-6-2-3-8(11(19)15-6)16-10-7-4-5-14-9(7)17-12(13)18-10;1-2/h4-6,8H,2-3H2,1H3,(H,15,19)(H2,14,16,17,18);1-2H3. The van der Waals surface area contributed by atoms with Crippen LogP contribution in [0, 0.1) is 0 Å². The Morgan fingerprint density at radius 3 is 2.81 bits per heavy atom. The van der Waals surface area contributed by atoms with Crippen LogP contribution in [0.2, 0.25) is 5.28 Å². The third kappa shape index (κ3) is 3.44. The van der Waals surface area contributed by atoms with Gasteiger partial charge in [0.05, 0.1) is 5.39 Å². The van der Waals surface area contributed by atoms with Crippen LogP contribution >= 0.6 is 11.6 Å². The van der Waals surface area contributed by atoms with Crippen molar-refractivity contribution in [3.63, 3.8) is 0 Å². The molecule has 1 fully saturated rings. The van der Waals surface area contributed by atoms with Gasteiger partial charge in [0.1, 0.15) is 17.5 Å². The second-order valence-electron chi connectivity index (χ2n) is 4.77. The van der Waals surface area contributed by atoms with Crippen LogP contribution in [-0.2, 0) is 4.79 Å². The third-order valence-electron chi connectivity index (χ3n) is 3.29. The number of hydrogen-bond acceptors (Lipinski definition) is 4. The van der Waals surface area contributed by atoms with Crippen LogP contribution in [0.5, 0.6) is 0 Å². The van der Waals surface area contributed by atoms with Crippen LogP contribution in [0.1, 0.15) is 33.6 Å². The van der Waals surface area contributed by atoms with Gasteiger partial charge in [-0.15, -0.1) is 0 Å². The minimum Gasteiger partial charge on any atom is -0.358 e. The SMILES string of the molecule is CC.CC1CCC(Nc2nc(Cl)nc3[nH]ccc23)C(=O)N1. The molecule has 2 aromatic heterocycles. The molecule has 7 heteroatoms. The predicted octanol–water partition coefficient (Wildman–Crippen LogP) is 2.72. The fourth-order valence-electron chi connectivity index (χ4n) is 2.29. The Balaban J connectivity index is 0.000000774. The number of anilines is 1. The van der Waals surface area contributed by atoms with Gasteiger partial charge in [-0.2, -0.15) is 4.98 Å². The van der Waals surface area contributed by atoms with E-state index < -0.39 is 0 Å². The zero-order valence-electron chi connectivity index (χ0n) is 12.4. The number of nitrogens with zero attached hydrogens (tertiary/aromatic N) is 2. The van der Waals surface area contributed by atoms with Gasteiger partial charge in [-0.05, 0) is 37.4 Å². The lowest BCUT2D eigenvalue weighted by Crippen LogP contribution is -2.48. The summed E-state index contributed by atoms with van der Waals surface area (Å²) >= 11 is 5.88. The summed E-state index contributed by atoms with van der Waals surface area (Å²) in [5.74, 6) is 0.586. The van der Waals surface area contributed by atoms with E-state index in [-0.39, 0.29) is 23.3 Å². The Morgan fingerprint density at radius 1 is 1.33 bits per heavy atom. The van der Waals surface area contributed by atoms with Crippen molar-refractivity contribution in [3.05, 3.63) is 17.5 Å². The molecule has 1 aliphatic heterocycles. The van der Waals surface area contributed by atoms with Gasteiger partial charge in [-0.25, -0.2) is 4.98 Å². The Kier molecular flexibility index (Phi) is 5.01. The Labute approximate surface area is 128 Å². The highest BCUT2D eigenvalue weighted by molar-refractivity contribution is 6.28. The zero-order chi connectivity index (χ0) is 15.4. The Bertz CT molecular complexity index is 627. The summed E-state index contributed by atoms with van der Waals surface area (Å²) in [4.78, 5) is 23.1. The largest absolute Gasteiger partial charge is 0.358 e. The minimum absolute atomic E-state index is 0.00262. The van der Waals surface area contributed by atoms with Gasteiger partial charge in [0, 0.05) is 12.2 Å². The van der Waals surface area contributed by atoms with Crippen molar-refractivity contribution >= 4 is 34.4 Å². The summed E-state index contributed by atoms with van der Waals surface area (Å²) in [6.45, 7) is 6.00. The molecular weight excluding hydrogens is 290 g/mol. The number of hydrogen-bond donors (Lipinski definition) is 3. The number of carbonyl (C=O) groups excluding carboxylic acids is 1. The molecule has 2 aromatic rings. The highest BCUT2D eigenvalue weighted by atomic mass is 35.5. The molecular formula is C14H20ClN5O. The molecule has 0 saturated carbocycles. The lowest BCUT2D eigenvalue weighted by molar-refractivity contribution is -0.123. The van der Waals surface area contributed by atoms with E-state index in [0.29, 0.717) is 11.5 Å². The van der Waals surface area contributed by atoms with Gasteiger partial charge in [0.25, 0.3) is 0 Å². The quantitative estimate of drug-likeness (QED) is 0.745. The number of piperidine rings is 1. The molecule has 1 saturated heterocycles. The second kappa shape index (κ2) is 6.76. The van der Waals surface area contributed by atoms with Crippen LogP contribution in [0.25, 0.3) is 11.0 Å². The van der Waals surface area contributed by atoms with Gasteiger partial charge in [-0.1, -0.05) is 13.8 Å². The summed E-state index contributed by atoms with van der Waals surface area (Å²) in [5, 5.41) is 7.06. The summed E-state index contributed by atoms with van der Waals surface area (Å²) in [7, 11) is 0.